The fourth-order valence-corrected chi connectivity index (χ4v) is 1.65. The molecule has 3 nitrogen and oxygen atoms in total. The Bertz CT molecular complexity index is 261. The third kappa shape index (κ3) is 5.06. The average molecular weight is 228 g/mol. The van der Waals surface area contributed by atoms with Gasteiger partial charge in [-0.3, -0.25) is 0 Å². The van der Waals surface area contributed by atoms with Crippen LogP contribution in [0.15, 0.2) is 29.2 Å². The first kappa shape index (κ1) is 12.4. The van der Waals surface area contributed by atoms with E-state index in [4.69, 9.17) is 14.2 Å². The first-order valence-corrected chi connectivity index (χ1v) is 5.69. The van der Waals surface area contributed by atoms with E-state index in [0.717, 1.165) is 5.75 Å². The molecular formula is C11H16O3S. The number of rotatable bonds is 7. The molecule has 1 aromatic rings. The van der Waals surface area contributed by atoms with Gasteiger partial charge in [0.25, 0.3) is 0 Å². The summed E-state index contributed by atoms with van der Waals surface area (Å²) in [5.74, 6) is 1.52. The zero-order chi connectivity index (χ0) is 10.9. The number of hydrogen-bond acceptors (Lipinski definition) is 4. The molecular weight excluding hydrogens is 212 g/mol. The molecule has 0 aromatic heterocycles. The van der Waals surface area contributed by atoms with E-state index in [1.54, 1.807) is 26.0 Å². The van der Waals surface area contributed by atoms with Gasteiger partial charge >= 0.3 is 0 Å². The van der Waals surface area contributed by atoms with Crippen molar-refractivity contribution in [2.45, 2.75) is 4.90 Å². The monoisotopic (exact) mass is 228 g/mol. The standard InChI is InChI=1S/C11H16O3S/c1-12-7-8-14-9-15-11-5-3-10(13-2)4-6-11/h3-6H,7-9H2,1-2H3. The van der Waals surface area contributed by atoms with Gasteiger partial charge < -0.3 is 14.2 Å². The molecule has 1 rings (SSSR count). The van der Waals surface area contributed by atoms with Crippen molar-refractivity contribution < 1.29 is 14.2 Å². The zero-order valence-electron chi connectivity index (χ0n) is 9.06. The molecule has 1 aromatic carbocycles. The minimum atomic E-state index is 0.639. The molecule has 0 bridgehead atoms. The molecule has 0 amide bonds. The molecule has 84 valence electrons. The fourth-order valence-electron chi connectivity index (χ4n) is 0.983. The summed E-state index contributed by atoms with van der Waals surface area (Å²) >= 11 is 1.66. The Morgan fingerprint density at radius 3 is 2.40 bits per heavy atom. The van der Waals surface area contributed by atoms with Gasteiger partial charge in [-0.25, -0.2) is 0 Å². The van der Waals surface area contributed by atoms with Gasteiger partial charge in [-0.1, -0.05) is 11.8 Å². The molecule has 0 fully saturated rings. The number of thioether (sulfide) groups is 1. The highest BCUT2D eigenvalue weighted by Gasteiger charge is 1.95. The van der Waals surface area contributed by atoms with Gasteiger partial charge in [0.2, 0.25) is 0 Å². The predicted octanol–water partition coefficient (Wildman–Crippen LogP) is 2.41. The number of ether oxygens (including phenoxy) is 3. The Morgan fingerprint density at radius 1 is 1.07 bits per heavy atom. The number of hydrogen-bond donors (Lipinski definition) is 0. The summed E-state index contributed by atoms with van der Waals surface area (Å²) in [4.78, 5) is 1.17. The van der Waals surface area contributed by atoms with Crippen molar-refractivity contribution in [3.63, 3.8) is 0 Å². The zero-order valence-corrected chi connectivity index (χ0v) is 9.88. The topological polar surface area (TPSA) is 27.7 Å². The van der Waals surface area contributed by atoms with Crippen LogP contribution in [0.25, 0.3) is 0 Å². The van der Waals surface area contributed by atoms with E-state index in [1.165, 1.54) is 4.90 Å². The Morgan fingerprint density at radius 2 is 1.80 bits per heavy atom. The molecule has 0 saturated carbocycles. The number of benzene rings is 1. The van der Waals surface area contributed by atoms with E-state index in [9.17, 15) is 0 Å². The highest BCUT2D eigenvalue weighted by molar-refractivity contribution is 7.99. The molecule has 0 aliphatic heterocycles. The molecule has 15 heavy (non-hydrogen) atoms. The second kappa shape index (κ2) is 7.56. The van der Waals surface area contributed by atoms with Gasteiger partial charge in [-0.2, -0.15) is 0 Å². The molecule has 0 N–H and O–H groups in total. The van der Waals surface area contributed by atoms with Gasteiger partial charge in [0.15, 0.2) is 0 Å². The molecule has 0 spiro atoms. The minimum Gasteiger partial charge on any atom is -0.497 e. The van der Waals surface area contributed by atoms with E-state index < -0.39 is 0 Å². The van der Waals surface area contributed by atoms with Crippen LogP contribution in [0, 0.1) is 0 Å². The van der Waals surface area contributed by atoms with Crippen molar-refractivity contribution in [2.75, 3.05) is 33.4 Å². The molecule has 0 unspecified atom stereocenters. The van der Waals surface area contributed by atoms with Crippen molar-refractivity contribution >= 4 is 11.8 Å². The maximum atomic E-state index is 5.34. The summed E-state index contributed by atoms with van der Waals surface area (Å²) in [7, 11) is 3.33. The van der Waals surface area contributed by atoms with Crippen LogP contribution in [0.2, 0.25) is 0 Å². The summed E-state index contributed by atoms with van der Waals surface area (Å²) in [6, 6.07) is 7.92. The van der Waals surface area contributed by atoms with Crippen LogP contribution in [0.5, 0.6) is 5.75 Å². The molecule has 0 aliphatic carbocycles. The summed E-state index contributed by atoms with van der Waals surface area (Å²) in [5, 5.41) is 0. The van der Waals surface area contributed by atoms with Gasteiger partial charge in [0, 0.05) is 12.0 Å². The predicted molar refractivity (Wildman–Crippen MR) is 61.5 cm³/mol. The summed E-state index contributed by atoms with van der Waals surface area (Å²) in [5.41, 5.74) is 0. The van der Waals surface area contributed by atoms with Crippen LogP contribution in [0.4, 0.5) is 0 Å². The maximum absolute atomic E-state index is 5.34. The van der Waals surface area contributed by atoms with Crippen LogP contribution in [-0.4, -0.2) is 33.4 Å². The lowest BCUT2D eigenvalue weighted by atomic mass is 10.3. The number of methoxy groups -OCH3 is 2. The third-order valence-corrected chi connectivity index (χ3v) is 2.69. The Kier molecular flexibility index (Phi) is 6.23. The van der Waals surface area contributed by atoms with Crippen molar-refractivity contribution in [3.8, 4) is 5.75 Å². The quantitative estimate of drug-likeness (QED) is 0.407. The van der Waals surface area contributed by atoms with Crippen LogP contribution in [0.1, 0.15) is 0 Å². The van der Waals surface area contributed by atoms with Crippen LogP contribution < -0.4 is 4.74 Å². The molecule has 0 saturated heterocycles. The van der Waals surface area contributed by atoms with Gasteiger partial charge in [-0.05, 0) is 24.3 Å². The average Bonchev–Trinajstić information content (AvgIpc) is 2.30. The van der Waals surface area contributed by atoms with Crippen LogP contribution in [-0.2, 0) is 9.47 Å². The SMILES string of the molecule is COCCOCSc1ccc(OC)cc1. The first-order valence-electron chi connectivity index (χ1n) is 4.70. The third-order valence-electron chi connectivity index (χ3n) is 1.80. The van der Waals surface area contributed by atoms with Crippen molar-refractivity contribution in [2.24, 2.45) is 0 Å². The van der Waals surface area contributed by atoms with Crippen LogP contribution in [0.3, 0.4) is 0 Å². The van der Waals surface area contributed by atoms with E-state index >= 15 is 0 Å². The lowest BCUT2D eigenvalue weighted by Crippen LogP contribution is -2.00. The van der Waals surface area contributed by atoms with E-state index in [1.807, 2.05) is 24.3 Å². The maximum Gasteiger partial charge on any atom is 0.118 e. The van der Waals surface area contributed by atoms with Crippen molar-refractivity contribution in [1.82, 2.24) is 0 Å². The lowest BCUT2D eigenvalue weighted by Gasteiger charge is -2.04. The molecule has 0 radical (unpaired) electrons. The minimum absolute atomic E-state index is 0.639. The normalized spacial score (nSPS) is 10.3. The lowest BCUT2D eigenvalue weighted by molar-refractivity contribution is 0.0953. The Hall–Kier alpha value is -0.710. The highest BCUT2D eigenvalue weighted by Crippen LogP contribution is 2.20. The fraction of sp³-hybridized carbons (Fsp3) is 0.455. The second-order valence-corrected chi connectivity index (χ2v) is 3.83. The second-order valence-electron chi connectivity index (χ2n) is 2.84. The Labute approximate surface area is 94.7 Å². The van der Waals surface area contributed by atoms with Gasteiger partial charge in [-0.15, -0.1) is 0 Å². The van der Waals surface area contributed by atoms with Crippen LogP contribution >= 0.6 is 11.8 Å². The molecule has 4 heteroatoms. The highest BCUT2D eigenvalue weighted by atomic mass is 32.2. The van der Waals surface area contributed by atoms with Crippen molar-refractivity contribution in [1.29, 1.82) is 0 Å². The first-order chi connectivity index (χ1) is 7.36. The van der Waals surface area contributed by atoms with Crippen molar-refractivity contribution in [3.05, 3.63) is 24.3 Å². The molecule has 0 heterocycles. The van der Waals surface area contributed by atoms with E-state index in [-0.39, 0.29) is 0 Å². The largest absolute Gasteiger partial charge is 0.497 e. The summed E-state index contributed by atoms with van der Waals surface area (Å²) in [6.45, 7) is 1.28. The van der Waals surface area contributed by atoms with Gasteiger partial charge in [0.1, 0.15) is 5.75 Å². The van der Waals surface area contributed by atoms with E-state index in [0.29, 0.717) is 19.2 Å². The van der Waals surface area contributed by atoms with Gasteiger partial charge in [0.05, 0.1) is 26.3 Å². The summed E-state index contributed by atoms with van der Waals surface area (Å²) in [6.07, 6.45) is 0. The molecule has 0 aliphatic rings. The van der Waals surface area contributed by atoms with E-state index in [2.05, 4.69) is 0 Å². The molecule has 0 atom stereocenters. The Balaban J connectivity index is 2.20. The smallest absolute Gasteiger partial charge is 0.118 e. The summed E-state index contributed by atoms with van der Waals surface area (Å²) < 4.78 is 15.3.